The van der Waals surface area contributed by atoms with Crippen LogP contribution in [0.15, 0.2) is 66.9 Å². The molecule has 1 atom stereocenters. The van der Waals surface area contributed by atoms with E-state index in [9.17, 15) is 23.3 Å². The highest BCUT2D eigenvalue weighted by atomic mass is 32.1. The standard InChI is InChI=1S/C21H17F3N4O2S/c22-21(23,24)15-5-7-16(8-6-15)25-20(31)27-13-12-26-11-1-2-18(26)19(27)14-3-9-17(10-4-14)28(29)30/h1-11,19H,12-13H2,(H,25,31). The van der Waals surface area contributed by atoms with Crippen LogP contribution in [0.4, 0.5) is 24.5 Å². The molecule has 0 spiro atoms. The number of rotatable bonds is 3. The van der Waals surface area contributed by atoms with Crippen molar-refractivity contribution in [3.05, 3.63) is 93.8 Å². The molecular formula is C21H17F3N4O2S. The molecule has 0 fully saturated rings. The van der Waals surface area contributed by atoms with Gasteiger partial charge in [0.2, 0.25) is 0 Å². The average Bonchev–Trinajstić information content (AvgIpc) is 3.21. The van der Waals surface area contributed by atoms with Crippen LogP contribution in [0.2, 0.25) is 0 Å². The van der Waals surface area contributed by atoms with E-state index in [0.29, 0.717) is 23.9 Å². The van der Waals surface area contributed by atoms with E-state index < -0.39 is 16.7 Å². The lowest BCUT2D eigenvalue weighted by Crippen LogP contribution is -2.44. The van der Waals surface area contributed by atoms with Crippen LogP contribution in [-0.2, 0) is 12.7 Å². The Morgan fingerprint density at radius 2 is 1.74 bits per heavy atom. The molecule has 0 radical (unpaired) electrons. The Labute approximate surface area is 181 Å². The third kappa shape index (κ3) is 4.24. The molecule has 4 rings (SSSR count). The van der Waals surface area contributed by atoms with Crippen molar-refractivity contribution in [2.24, 2.45) is 0 Å². The number of nitro benzene ring substituents is 1. The molecular weight excluding hydrogens is 429 g/mol. The summed E-state index contributed by atoms with van der Waals surface area (Å²) in [5, 5.41) is 14.4. The maximum atomic E-state index is 12.8. The number of hydrogen-bond donors (Lipinski definition) is 1. The molecule has 0 aliphatic carbocycles. The van der Waals surface area contributed by atoms with Gasteiger partial charge in [0.1, 0.15) is 0 Å². The number of anilines is 1. The molecule has 1 aromatic heterocycles. The van der Waals surface area contributed by atoms with Gasteiger partial charge in [-0.2, -0.15) is 13.2 Å². The van der Waals surface area contributed by atoms with Crippen LogP contribution in [-0.4, -0.2) is 26.0 Å². The van der Waals surface area contributed by atoms with E-state index >= 15 is 0 Å². The number of nitrogens with one attached hydrogen (secondary N) is 1. The van der Waals surface area contributed by atoms with Crippen molar-refractivity contribution in [3.63, 3.8) is 0 Å². The van der Waals surface area contributed by atoms with Crippen molar-refractivity contribution in [3.8, 4) is 0 Å². The number of benzene rings is 2. The third-order valence-corrected chi connectivity index (χ3v) is 5.52. The van der Waals surface area contributed by atoms with Crippen LogP contribution in [0.3, 0.4) is 0 Å². The van der Waals surface area contributed by atoms with Crippen LogP contribution in [0.1, 0.15) is 22.9 Å². The van der Waals surface area contributed by atoms with Gasteiger partial charge in [0.05, 0.1) is 16.5 Å². The molecule has 0 amide bonds. The normalized spacial score (nSPS) is 16.0. The zero-order valence-electron chi connectivity index (χ0n) is 16.0. The summed E-state index contributed by atoms with van der Waals surface area (Å²) in [7, 11) is 0. The lowest BCUT2D eigenvalue weighted by molar-refractivity contribution is -0.384. The molecule has 1 aliphatic rings. The summed E-state index contributed by atoms with van der Waals surface area (Å²) in [6, 6.07) is 14.5. The lowest BCUT2D eigenvalue weighted by Gasteiger charge is -2.39. The van der Waals surface area contributed by atoms with Gasteiger partial charge in [-0.1, -0.05) is 0 Å². The molecule has 0 saturated heterocycles. The largest absolute Gasteiger partial charge is 0.416 e. The second-order valence-electron chi connectivity index (χ2n) is 7.08. The van der Waals surface area contributed by atoms with E-state index in [1.54, 1.807) is 12.1 Å². The molecule has 2 heterocycles. The Kier molecular flexibility index (Phi) is 5.40. The molecule has 160 valence electrons. The Morgan fingerprint density at radius 3 is 2.35 bits per heavy atom. The zero-order valence-corrected chi connectivity index (χ0v) is 16.9. The Balaban J connectivity index is 1.61. The van der Waals surface area contributed by atoms with E-state index in [1.807, 2.05) is 23.2 Å². The summed E-state index contributed by atoms with van der Waals surface area (Å²) in [4.78, 5) is 12.5. The highest BCUT2D eigenvalue weighted by Gasteiger charge is 2.32. The Hall–Kier alpha value is -3.40. The lowest BCUT2D eigenvalue weighted by atomic mass is 10.00. The van der Waals surface area contributed by atoms with Crippen LogP contribution >= 0.6 is 12.2 Å². The summed E-state index contributed by atoms with van der Waals surface area (Å²) < 4.78 is 40.5. The summed E-state index contributed by atoms with van der Waals surface area (Å²) >= 11 is 5.58. The minimum Gasteiger partial charge on any atom is -0.348 e. The van der Waals surface area contributed by atoms with Crippen LogP contribution in [0.5, 0.6) is 0 Å². The van der Waals surface area contributed by atoms with Gasteiger partial charge < -0.3 is 14.8 Å². The van der Waals surface area contributed by atoms with E-state index in [0.717, 1.165) is 23.4 Å². The second-order valence-corrected chi connectivity index (χ2v) is 7.46. The first-order chi connectivity index (χ1) is 14.7. The van der Waals surface area contributed by atoms with Crippen molar-refractivity contribution >= 4 is 28.7 Å². The summed E-state index contributed by atoms with van der Waals surface area (Å²) in [5.74, 6) is 0. The van der Waals surface area contributed by atoms with E-state index in [1.165, 1.54) is 24.3 Å². The zero-order chi connectivity index (χ0) is 22.2. The Bertz CT molecular complexity index is 1110. The van der Waals surface area contributed by atoms with Crippen molar-refractivity contribution in [1.82, 2.24) is 9.47 Å². The van der Waals surface area contributed by atoms with Gasteiger partial charge in [-0.15, -0.1) is 0 Å². The summed E-state index contributed by atoms with van der Waals surface area (Å²) in [5.41, 5.74) is 1.50. The van der Waals surface area contributed by atoms with Crippen molar-refractivity contribution < 1.29 is 18.1 Å². The molecule has 31 heavy (non-hydrogen) atoms. The number of hydrogen-bond acceptors (Lipinski definition) is 3. The monoisotopic (exact) mass is 446 g/mol. The van der Waals surface area contributed by atoms with Gasteiger partial charge in [-0.25, -0.2) is 0 Å². The quantitative estimate of drug-likeness (QED) is 0.340. The number of nitro groups is 1. The van der Waals surface area contributed by atoms with Crippen LogP contribution in [0, 0.1) is 10.1 Å². The van der Waals surface area contributed by atoms with Crippen LogP contribution in [0.25, 0.3) is 0 Å². The van der Waals surface area contributed by atoms with Gasteiger partial charge in [0.25, 0.3) is 5.69 Å². The topological polar surface area (TPSA) is 63.3 Å². The van der Waals surface area contributed by atoms with Crippen LogP contribution < -0.4 is 5.32 Å². The number of alkyl halides is 3. The first kappa shape index (κ1) is 20.9. The highest BCUT2D eigenvalue weighted by molar-refractivity contribution is 7.80. The number of fused-ring (bicyclic) bond motifs is 1. The number of halogens is 3. The van der Waals surface area contributed by atoms with Crippen molar-refractivity contribution in [2.75, 3.05) is 11.9 Å². The molecule has 3 aromatic rings. The van der Waals surface area contributed by atoms with Gasteiger partial charge in [0.15, 0.2) is 5.11 Å². The van der Waals surface area contributed by atoms with E-state index in [-0.39, 0.29) is 11.7 Å². The summed E-state index contributed by atoms with van der Waals surface area (Å²) in [6.45, 7) is 1.25. The third-order valence-electron chi connectivity index (χ3n) is 5.18. The molecule has 0 saturated carbocycles. The fourth-order valence-electron chi connectivity index (χ4n) is 3.67. The minimum absolute atomic E-state index is 0.00746. The molecule has 10 heteroatoms. The predicted octanol–water partition coefficient (Wildman–Crippen LogP) is 5.22. The SMILES string of the molecule is O=[N+]([O-])c1ccc(C2c3cccn3CCN2C(=S)Nc2ccc(C(F)(F)F)cc2)cc1. The predicted molar refractivity (Wildman–Crippen MR) is 114 cm³/mol. The van der Waals surface area contributed by atoms with Crippen molar-refractivity contribution in [2.45, 2.75) is 18.8 Å². The van der Waals surface area contributed by atoms with Gasteiger partial charge in [-0.05, 0) is 66.3 Å². The fourth-order valence-corrected chi connectivity index (χ4v) is 3.98. The highest BCUT2D eigenvalue weighted by Crippen LogP contribution is 2.34. The molecule has 1 aliphatic heterocycles. The first-order valence-electron chi connectivity index (χ1n) is 9.38. The second kappa shape index (κ2) is 8.03. The number of aromatic nitrogens is 1. The smallest absolute Gasteiger partial charge is 0.348 e. The first-order valence-corrected chi connectivity index (χ1v) is 9.79. The molecule has 1 N–H and O–H groups in total. The number of non-ortho nitro benzene ring substituents is 1. The van der Waals surface area contributed by atoms with Gasteiger partial charge >= 0.3 is 6.18 Å². The van der Waals surface area contributed by atoms with E-state index in [2.05, 4.69) is 9.88 Å². The van der Waals surface area contributed by atoms with Gasteiger partial charge in [-0.3, -0.25) is 10.1 Å². The molecule has 0 bridgehead atoms. The number of thiocarbonyl (C=S) groups is 1. The maximum absolute atomic E-state index is 12.8. The molecule has 1 unspecified atom stereocenters. The molecule has 6 nitrogen and oxygen atoms in total. The van der Waals surface area contributed by atoms with E-state index in [4.69, 9.17) is 12.2 Å². The number of nitrogens with zero attached hydrogens (tertiary/aromatic N) is 3. The fraction of sp³-hybridized carbons (Fsp3) is 0.190. The van der Waals surface area contributed by atoms with Crippen molar-refractivity contribution in [1.29, 1.82) is 0 Å². The Morgan fingerprint density at radius 1 is 1.06 bits per heavy atom. The minimum atomic E-state index is -4.40. The maximum Gasteiger partial charge on any atom is 0.416 e. The summed E-state index contributed by atoms with van der Waals surface area (Å²) in [6.07, 6.45) is -2.45. The van der Waals surface area contributed by atoms with Gasteiger partial charge in [0, 0.05) is 42.8 Å². The average molecular weight is 446 g/mol. The molecule has 2 aromatic carbocycles.